The van der Waals surface area contributed by atoms with Crippen LogP contribution >= 0.6 is 27.7 Å². The number of benzene rings is 2. The maximum atomic E-state index is 13.7. The lowest BCUT2D eigenvalue weighted by molar-refractivity contribution is 0.568. The molecule has 1 unspecified atom stereocenters. The average molecular weight is 354 g/mol. The highest BCUT2D eigenvalue weighted by atomic mass is 79.9. The number of likely N-dealkylation sites (N-methyl/N-ethyl adjacent to an activating group) is 1. The molecule has 0 bridgehead atoms. The minimum atomic E-state index is -0.125. The summed E-state index contributed by atoms with van der Waals surface area (Å²) < 4.78 is 14.7. The normalized spacial score (nSPS) is 12.3. The van der Waals surface area contributed by atoms with Crippen LogP contribution in [-0.2, 0) is 6.42 Å². The molecule has 0 spiro atoms. The van der Waals surface area contributed by atoms with Gasteiger partial charge < -0.3 is 5.32 Å². The van der Waals surface area contributed by atoms with Crippen molar-refractivity contribution in [2.24, 2.45) is 0 Å². The van der Waals surface area contributed by atoms with Crippen molar-refractivity contribution < 1.29 is 4.39 Å². The molecule has 0 heterocycles. The smallest absolute Gasteiger partial charge is 0.126 e. The topological polar surface area (TPSA) is 12.0 Å². The van der Waals surface area contributed by atoms with Crippen molar-refractivity contribution in [3.8, 4) is 0 Å². The molecule has 20 heavy (non-hydrogen) atoms. The van der Waals surface area contributed by atoms with E-state index in [4.69, 9.17) is 0 Å². The van der Waals surface area contributed by atoms with E-state index in [1.54, 1.807) is 17.8 Å². The first-order valence-corrected chi connectivity index (χ1v) is 8.26. The summed E-state index contributed by atoms with van der Waals surface area (Å²) >= 11 is 5.25. The third-order valence-electron chi connectivity index (χ3n) is 3.08. The maximum Gasteiger partial charge on any atom is 0.126 e. The Labute approximate surface area is 132 Å². The van der Waals surface area contributed by atoms with E-state index in [9.17, 15) is 4.39 Å². The van der Waals surface area contributed by atoms with E-state index < -0.39 is 0 Å². The number of hydrogen-bond donors (Lipinski definition) is 1. The minimum Gasteiger partial charge on any atom is -0.316 e. The Balaban J connectivity index is 1.94. The van der Waals surface area contributed by atoms with Gasteiger partial charge in [0.1, 0.15) is 5.82 Å². The summed E-state index contributed by atoms with van der Waals surface area (Å²) in [5.41, 5.74) is 0.765. The van der Waals surface area contributed by atoms with Gasteiger partial charge in [0, 0.05) is 21.2 Å². The first-order valence-electron chi connectivity index (χ1n) is 6.48. The number of halogens is 2. The first kappa shape index (κ1) is 15.5. The second kappa shape index (κ2) is 7.81. The molecule has 0 aliphatic heterocycles. The molecule has 0 saturated carbocycles. The van der Waals surface area contributed by atoms with E-state index in [0.717, 1.165) is 15.8 Å². The number of thioether (sulfide) groups is 1. The zero-order valence-electron chi connectivity index (χ0n) is 11.3. The Kier molecular flexibility index (Phi) is 6.07. The predicted molar refractivity (Wildman–Crippen MR) is 87.8 cm³/mol. The van der Waals surface area contributed by atoms with Crippen LogP contribution in [0.25, 0.3) is 0 Å². The number of hydrogen-bond acceptors (Lipinski definition) is 2. The van der Waals surface area contributed by atoms with E-state index in [1.165, 1.54) is 11.0 Å². The van der Waals surface area contributed by atoms with Crippen LogP contribution < -0.4 is 5.32 Å². The Morgan fingerprint density at radius 1 is 1.20 bits per heavy atom. The largest absolute Gasteiger partial charge is 0.316 e. The van der Waals surface area contributed by atoms with Gasteiger partial charge in [0.15, 0.2) is 0 Å². The highest BCUT2D eigenvalue weighted by molar-refractivity contribution is 9.10. The van der Waals surface area contributed by atoms with Crippen LogP contribution in [0.4, 0.5) is 4.39 Å². The van der Waals surface area contributed by atoms with Crippen LogP contribution in [0.15, 0.2) is 57.9 Å². The lowest BCUT2D eigenvalue weighted by atomic mass is 10.1. The quantitative estimate of drug-likeness (QED) is 0.766. The van der Waals surface area contributed by atoms with Crippen molar-refractivity contribution in [1.82, 2.24) is 5.32 Å². The van der Waals surface area contributed by atoms with Crippen molar-refractivity contribution in [3.05, 3.63) is 64.4 Å². The van der Waals surface area contributed by atoms with E-state index in [2.05, 4.69) is 33.4 Å². The van der Waals surface area contributed by atoms with Gasteiger partial charge in [0.05, 0.1) is 0 Å². The zero-order valence-corrected chi connectivity index (χ0v) is 13.7. The average Bonchev–Trinajstić information content (AvgIpc) is 2.45. The number of rotatable bonds is 6. The molecule has 2 aromatic carbocycles. The fraction of sp³-hybridized carbons (Fsp3) is 0.250. The van der Waals surface area contributed by atoms with Gasteiger partial charge in [-0.15, -0.1) is 11.8 Å². The third-order valence-corrected chi connectivity index (χ3v) is 4.73. The molecular weight excluding hydrogens is 337 g/mol. The summed E-state index contributed by atoms with van der Waals surface area (Å²) in [6.07, 6.45) is 0.699. The SMILES string of the molecule is CNC(CSc1cccc(Br)c1)Cc1ccccc1F. The van der Waals surface area contributed by atoms with Gasteiger partial charge in [-0.05, 0) is 43.3 Å². The van der Waals surface area contributed by atoms with E-state index >= 15 is 0 Å². The molecule has 2 aromatic rings. The molecule has 0 amide bonds. The monoisotopic (exact) mass is 353 g/mol. The molecule has 0 aliphatic carbocycles. The molecule has 1 nitrogen and oxygen atoms in total. The Morgan fingerprint density at radius 2 is 2.00 bits per heavy atom. The summed E-state index contributed by atoms with van der Waals surface area (Å²) in [7, 11) is 1.92. The molecular formula is C16H17BrFNS. The molecule has 4 heteroatoms. The molecule has 0 fully saturated rings. The van der Waals surface area contributed by atoms with Gasteiger partial charge >= 0.3 is 0 Å². The second-order valence-corrected chi connectivity index (χ2v) is 6.56. The van der Waals surface area contributed by atoms with E-state index in [-0.39, 0.29) is 11.9 Å². The minimum absolute atomic E-state index is 0.125. The summed E-state index contributed by atoms with van der Waals surface area (Å²) in [4.78, 5) is 1.22. The van der Waals surface area contributed by atoms with Crippen LogP contribution in [-0.4, -0.2) is 18.8 Å². The zero-order chi connectivity index (χ0) is 14.4. The van der Waals surface area contributed by atoms with E-state index in [0.29, 0.717) is 6.42 Å². The predicted octanol–water partition coefficient (Wildman–Crippen LogP) is 4.51. The van der Waals surface area contributed by atoms with E-state index in [1.807, 2.05) is 31.3 Å². The molecule has 0 saturated heterocycles. The van der Waals surface area contributed by atoms with Crippen molar-refractivity contribution in [1.29, 1.82) is 0 Å². The highest BCUT2D eigenvalue weighted by Gasteiger charge is 2.11. The van der Waals surface area contributed by atoms with Crippen LogP contribution in [0.5, 0.6) is 0 Å². The summed E-state index contributed by atoms with van der Waals surface area (Å²) in [6.45, 7) is 0. The van der Waals surface area contributed by atoms with Gasteiger partial charge in [-0.3, -0.25) is 0 Å². The van der Waals surface area contributed by atoms with Gasteiger partial charge in [-0.25, -0.2) is 4.39 Å². The molecule has 0 radical (unpaired) electrons. The standard InChI is InChI=1S/C16H17BrFNS/c1-19-14(9-12-5-2-3-8-16(12)18)11-20-15-7-4-6-13(17)10-15/h2-8,10,14,19H,9,11H2,1H3. The van der Waals surface area contributed by atoms with Gasteiger partial charge in [-0.2, -0.15) is 0 Å². The van der Waals surface area contributed by atoms with Crippen LogP contribution in [0.1, 0.15) is 5.56 Å². The van der Waals surface area contributed by atoms with Crippen LogP contribution in [0, 0.1) is 5.82 Å². The molecule has 0 aliphatic rings. The van der Waals surface area contributed by atoms with Crippen molar-refractivity contribution in [3.63, 3.8) is 0 Å². The van der Waals surface area contributed by atoms with Gasteiger partial charge in [0.25, 0.3) is 0 Å². The molecule has 1 atom stereocenters. The Hall–Kier alpha value is -0.840. The van der Waals surface area contributed by atoms with Gasteiger partial charge in [-0.1, -0.05) is 40.2 Å². The fourth-order valence-electron chi connectivity index (χ4n) is 1.93. The molecule has 0 aromatic heterocycles. The highest BCUT2D eigenvalue weighted by Crippen LogP contribution is 2.23. The molecule has 2 rings (SSSR count). The Morgan fingerprint density at radius 3 is 2.70 bits per heavy atom. The first-order chi connectivity index (χ1) is 9.69. The lowest BCUT2D eigenvalue weighted by Gasteiger charge is -2.16. The number of nitrogens with one attached hydrogen (secondary N) is 1. The van der Waals surface area contributed by atoms with Crippen molar-refractivity contribution in [2.45, 2.75) is 17.4 Å². The van der Waals surface area contributed by atoms with Gasteiger partial charge in [0.2, 0.25) is 0 Å². The summed E-state index contributed by atoms with van der Waals surface area (Å²) in [5, 5.41) is 3.26. The second-order valence-electron chi connectivity index (χ2n) is 4.55. The fourth-order valence-corrected chi connectivity index (χ4v) is 3.54. The molecule has 1 N–H and O–H groups in total. The van der Waals surface area contributed by atoms with Crippen molar-refractivity contribution in [2.75, 3.05) is 12.8 Å². The Bertz CT molecular complexity index is 562. The summed E-state index contributed by atoms with van der Waals surface area (Å²) in [5.74, 6) is 0.779. The van der Waals surface area contributed by atoms with Crippen LogP contribution in [0.3, 0.4) is 0 Å². The third kappa shape index (κ3) is 4.62. The van der Waals surface area contributed by atoms with Crippen molar-refractivity contribution >= 4 is 27.7 Å². The maximum absolute atomic E-state index is 13.7. The lowest BCUT2D eigenvalue weighted by Crippen LogP contribution is -2.30. The van der Waals surface area contributed by atoms with Crippen LogP contribution in [0.2, 0.25) is 0 Å². The summed E-state index contributed by atoms with van der Waals surface area (Å²) in [6, 6.07) is 15.4. The molecule has 106 valence electrons.